The minimum absolute atomic E-state index is 0.0829. The van der Waals surface area contributed by atoms with Crippen LogP contribution in [0.2, 0.25) is 0 Å². The van der Waals surface area contributed by atoms with Gasteiger partial charge in [-0.25, -0.2) is 8.42 Å². The first-order valence-corrected chi connectivity index (χ1v) is 8.93. The van der Waals surface area contributed by atoms with Crippen LogP contribution < -0.4 is 15.6 Å². The Morgan fingerprint density at radius 3 is 2.42 bits per heavy atom. The number of hydrogen-bond donors (Lipinski definition) is 2. The zero-order valence-corrected chi connectivity index (χ0v) is 14.3. The molecule has 2 aromatic rings. The van der Waals surface area contributed by atoms with Gasteiger partial charge in [0.2, 0.25) is 15.9 Å². The Morgan fingerprint density at radius 1 is 1.12 bits per heavy atom. The number of aromatic nitrogens is 1. The van der Waals surface area contributed by atoms with Crippen LogP contribution in [0.25, 0.3) is 0 Å². The Kier molecular flexibility index (Phi) is 5.40. The Labute approximate surface area is 140 Å². The van der Waals surface area contributed by atoms with Crippen molar-refractivity contribution < 1.29 is 13.2 Å². The highest BCUT2D eigenvalue weighted by atomic mass is 32.2. The van der Waals surface area contributed by atoms with Crippen molar-refractivity contribution in [2.24, 2.45) is 0 Å². The summed E-state index contributed by atoms with van der Waals surface area (Å²) in [6.07, 6.45) is 0. The molecular weight excluding hydrogens is 330 g/mol. The second kappa shape index (κ2) is 7.31. The number of sulfonamides is 1. The van der Waals surface area contributed by atoms with Gasteiger partial charge in [-0.3, -0.25) is 14.3 Å². The molecule has 0 aliphatic carbocycles. The first-order chi connectivity index (χ1) is 11.3. The monoisotopic (exact) mass is 349 g/mol. The molecule has 24 heavy (non-hydrogen) atoms. The molecule has 2 rings (SSSR count). The maximum Gasteiger partial charge on any atom is 0.275 e. The minimum atomic E-state index is -3.74. The van der Waals surface area contributed by atoms with E-state index < -0.39 is 15.6 Å². The summed E-state index contributed by atoms with van der Waals surface area (Å²) in [5, 5.41) is 2.43. The SMILES string of the molecule is CNC(=O)Cn1c(C)ccc(NS(=O)(=O)Cc2ccccc2)c1=O. The highest BCUT2D eigenvalue weighted by Crippen LogP contribution is 2.10. The van der Waals surface area contributed by atoms with Crippen LogP contribution in [0.1, 0.15) is 11.3 Å². The fourth-order valence-corrected chi connectivity index (χ4v) is 3.36. The van der Waals surface area contributed by atoms with Gasteiger partial charge in [0.15, 0.2) is 0 Å². The van der Waals surface area contributed by atoms with Gasteiger partial charge in [0.05, 0.1) is 5.75 Å². The van der Waals surface area contributed by atoms with Crippen LogP contribution in [0, 0.1) is 6.92 Å². The van der Waals surface area contributed by atoms with Crippen LogP contribution in [-0.2, 0) is 27.1 Å². The van der Waals surface area contributed by atoms with Crippen LogP contribution >= 0.6 is 0 Å². The van der Waals surface area contributed by atoms with E-state index in [0.717, 1.165) is 0 Å². The number of likely N-dealkylation sites (N-methyl/N-ethyl adjacent to an activating group) is 1. The number of rotatable bonds is 6. The average Bonchev–Trinajstić information content (AvgIpc) is 2.54. The molecule has 8 heteroatoms. The standard InChI is InChI=1S/C16H19N3O4S/c1-12-8-9-14(16(21)19(12)10-15(20)17-2)18-24(22,23)11-13-6-4-3-5-7-13/h3-9,18H,10-11H2,1-2H3,(H,17,20). The molecule has 0 atom stereocenters. The maximum atomic E-state index is 12.4. The number of benzene rings is 1. The van der Waals surface area contributed by atoms with E-state index in [1.807, 2.05) is 0 Å². The van der Waals surface area contributed by atoms with Crippen molar-refractivity contribution in [1.29, 1.82) is 0 Å². The third-order valence-electron chi connectivity index (χ3n) is 3.44. The van der Waals surface area contributed by atoms with Crippen molar-refractivity contribution in [3.63, 3.8) is 0 Å². The van der Waals surface area contributed by atoms with Crippen molar-refractivity contribution in [3.8, 4) is 0 Å². The van der Waals surface area contributed by atoms with Gasteiger partial charge in [0, 0.05) is 12.7 Å². The van der Waals surface area contributed by atoms with Gasteiger partial charge >= 0.3 is 0 Å². The van der Waals surface area contributed by atoms with Gasteiger partial charge in [-0.2, -0.15) is 0 Å². The summed E-state index contributed by atoms with van der Waals surface area (Å²) in [6, 6.07) is 11.7. The smallest absolute Gasteiger partial charge is 0.275 e. The number of carbonyl (C=O) groups is 1. The van der Waals surface area contributed by atoms with Crippen molar-refractivity contribution in [3.05, 3.63) is 64.1 Å². The average molecular weight is 349 g/mol. The Bertz CT molecular complexity index is 889. The van der Waals surface area contributed by atoms with Gasteiger partial charge < -0.3 is 9.88 Å². The van der Waals surface area contributed by atoms with E-state index in [9.17, 15) is 18.0 Å². The van der Waals surface area contributed by atoms with Crippen LogP contribution in [0.4, 0.5) is 5.69 Å². The maximum absolute atomic E-state index is 12.4. The normalized spacial score (nSPS) is 11.1. The molecule has 0 aliphatic rings. The molecule has 1 aromatic carbocycles. The van der Waals surface area contributed by atoms with Gasteiger partial charge in [-0.1, -0.05) is 30.3 Å². The quantitative estimate of drug-likeness (QED) is 0.808. The fourth-order valence-electron chi connectivity index (χ4n) is 2.16. The summed E-state index contributed by atoms with van der Waals surface area (Å²) >= 11 is 0. The second-order valence-corrected chi connectivity index (χ2v) is 7.02. The molecule has 1 amide bonds. The van der Waals surface area contributed by atoms with E-state index in [1.54, 1.807) is 43.3 Å². The number of anilines is 1. The number of carbonyl (C=O) groups excluding carboxylic acids is 1. The molecule has 7 nitrogen and oxygen atoms in total. The van der Waals surface area contributed by atoms with Crippen molar-refractivity contribution in [2.75, 3.05) is 11.8 Å². The van der Waals surface area contributed by atoms with Crippen LogP contribution in [-0.4, -0.2) is 25.9 Å². The summed E-state index contributed by atoms with van der Waals surface area (Å²) in [6.45, 7) is 1.50. The van der Waals surface area contributed by atoms with Crippen molar-refractivity contribution >= 4 is 21.6 Å². The minimum Gasteiger partial charge on any atom is -0.358 e. The number of amides is 1. The first kappa shape index (κ1) is 17.7. The Morgan fingerprint density at radius 2 is 1.79 bits per heavy atom. The summed E-state index contributed by atoms with van der Waals surface area (Å²) in [5.41, 5.74) is 0.535. The summed E-state index contributed by atoms with van der Waals surface area (Å²) in [7, 11) is -2.27. The van der Waals surface area contributed by atoms with Gasteiger partial charge in [-0.15, -0.1) is 0 Å². The molecule has 0 aliphatic heterocycles. The second-order valence-electron chi connectivity index (χ2n) is 5.30. The summed E-state index contributed by atoms with van der Waals surface area (Å²) in [5.74, 6) is -0.583. The third kappa shape index (κ3) is 4.45. The van der Waals surface area contributed by atoms with Gasteiger partial charge in [0.1, 0.15) is 12.2 Å². The zero-order valence-electron chi connectivity index (χ0n) is 13.4. The lowest BCUT2D eigenvalue weighted by Gasteiger charge is -2.13. The molecule has 0 saturated heterocycles. The molecule has 0 saturated carbocycles. The van der Waals surface area contributed by atoms with E-state index >= 15 is 0 Å². The number of pyridine rings is 1. The number of nitrogens with one attached hydrogen (secondary N) is 2. The molecule has 0 spiro atoms. The Balaban J connectivity index is 2.28. The molecule has 1 heterocycles. The zero-order chi connectivity index (χ0) is 17.7. The van der Waals surface area contributed by atoms with Gasteiger partial charge in [-0.05, 0) is 24.6 Å². The van der Waals surface area contributed by atoms with E-state index in [0.29, 0.717) is 11.3 Å². The molecular formula is C16H19N3O4S. The topological polar surface area (TPSA) is 97.3 Å². The molecule has 1 aromatic heterocycles. The molecule has 0 fully saturated rings. The molecule has 128 valence electrons. The van der Waals surface area contributed by atoms with E-state index in [-0.39, 0.29) is 23.9 Å². The number of hydrogen-bond acceptors (Lipinski definition) is 4. The van der Waals surface area contributed by atoms with E-state index in [4.69, 9.17) is 0 Å². The first-order valence-electron chi connectivity index (χ1n) is 7.28. The highest BCUT2D eigenvalue weighted by Gasteiger charge is 2.16. The highest BCUT2D eigenvalue weighted by molar-refractivity contribution is 7.91. The lowest BCUT2D eigenvalue weighted by Crippen LogP contribution is -2.33. The van der Waals surface area contributed by atoms with Crippen LogP contribution in [0.5, 0.6) is 0 Å². The van der Waals surface area contributed by atoms with Gasteiger partial charge in [0.25, 0.3) is 5.56 Å². The predicted octanol–water partition coefficient (Wildman–Crippen LogP) is 0.845. The lowest BCUT2D eigenvalue weighted by molar-refractivity contribution is -0.121. The number of nitrogens with zero attached hydrogens (tertiary/aromatic N) is 1. The summed E-state index contributed by atoms with van der Waals surface area (Å²) in [4.78, 5) is 23.9. The van der Waals surface area contributed by atoms with Crippen molar-refractivity contribution in [1.82, 2.24) is 9.88 Å². The largest absolute Gasteiger partial charge is 0.358 e. The molecule has 2 N–H and O–H groups in total. The predicted molar refractivity (Wildman–Crippen MR) is 92.2 cm³/mol. The van der Waals surface area contributed by atoms with Crippen LogP contribution in [0.3, 0.4) is 0 Å². The number of aryl methyl sites for hydroxylation is 1. The lowest BCUT2D eigenvalue weighted by atomic mass is 10.2. The molecule has 0 unspecified atom stereocenters. The van der Waals surface area contributed by atoms with Crippen LogP contribution in [0.15, 0.2) is 47.3 Å². The third-order valence-corrected chi connectivity index (χ3v) is 4.68. The molecule has 0 radical (unpaired) electrons. The Hall–Kier alpha value is -2.61. The fraction of sp³-hybridized carbons (Fsp3) is 0.250. The molecule has 0 bridgehead atoms. The summed E-state index contributed by atoms with van der Waals surface area (Å²) < 4.78 is 28.0. The van der Waals surface area contributed by atoms with E-state index in [2.05, 4.69) is 10.0 Å². The van der Waals surface area contributed by atoms with E-state index in [1.165, 1.54) is 17.7 Å². The van der Waals surface area contributed by atoms with Crippen molar-refractivity contribution in [2.45, 2.75) is 19.2 Å².